The molecule has 0 saturated heterocycles. The molecule has 0 atom stereocenters. The molecule has 1 heterocycles. The summed E-state index contributed by atoms with van der Waals surface area (Å²) in [6.45, 7) is 1.91. The largest absolute Gasteiger partial charge is 0.423 e. The number of aryl methyl sites for hydroxylation is 1. The minimum Gasteiger partial charge on any atom is -0.423 e. The Kier molecular flexibility index (Phi) is 4.01. The van der Waals surface area contributed by atoms with Gasteiger partial charge in [0.1, 0.15) is 5.76 Å². The van der Waals surface area contributed by atoms with Crippen molar-refractivity contribution in [2.45, 2.75) is 13.1 Å². The van der Waals surface area contributed by atoms with Crippen LogP contribution in [0.3, 0.4) is 0 Å². The second kappa shape index (κ2) is 6.00. The number of hydrogen-bond donors (Lipinski definition) is 0. The minimum atomic E-state index is -4.42. The van der Waals surface area contributed by atoms with Crippen molar-refractivity contribution in [3.8, 4) is 0 Å². The SMILES string of the molecule is Cc1cccc(C2=CC(=O)OC2=Cc2cccc(C(F)(F)F)c2)c1. The fourth-order valence-corrected chi connectivity index (χ4v) is 2.48. The van der Waals surface area contributed by atoms with E-state index in [0.29, 0.717) is 11.1 Å². The summed E-state index contributed by atoms with van der Waals surface area (Å²) in [5, 5.41) is 0. The van der Waals surface area contributed by atoms with Gasteiger partial charge in [0.2, 0.25) is 0 Å². The molecule has 0 aromatic heterocycles. The average molecular weight is 330 g/mol. The van der Waals surface area contributed by atoms with Crippen LogP contribution in [0.2, 0.25) is 0 Å². The lowest BCUT2D eigenvalue weighted by atomic mass is 10.0. The monoisotopic (exact) mass is 330 g/mol. The van der Waals surface area contributed by atoms with Crippen LogP contribution in [-0.4, -0.2) is 5.97 Å². The second-order valence-corrected chi connectivity index (χ2v) is 5.48. The molecule has 0 aliphatic carbocycles. The molecule has 0 unspecified atom stereocenters. The molecule has 1 aliphatic heterocycles. The molecule has 0 spiro atoms. The van der Waals surface area contributed by atoms with Gasteiger partial charge >= 0.3 is 12.1 Å². The summed E-state index contributed by atoms with van der Waals surface area (Å²) < 4.78 is 43.6. The van der Waals surface area contributed by atoms with E-state index in [9.17, 15) is 18.0 Å². The standard InChI is InChI=1S/C19H13F3O2/c1-12-4-2-6-14(8-12)16-11-18(23)24-17(16)10-13-5-3-7-15(9-13)19(20,21)22/h2-11H,1H3. The van der Waals surface area contributed by atoms with Gasteiger partial charge in [-0.05, 0) is 36.3 Å². The molecule has 0 bridgehead atoms. The Morgan fingerprint density at radius 3 is 2.50 bits per heavy atom. The molecule has 2 aromatic carbocycles. The van der Waals surface area contributed by atoms with E-state index >= 15 is 0 Å². The van der Waals surface area contributed by atoms with Crippen molar-refractivity contribution in [2.24, 2.45) is 0 Å². The molecule has 2 aromatic rings. The summed E-state index contributed by atoms with van der Waals surface area (Å²) in [6, 6.07) is 12.3. The summed E-state index contributed by atoms with van der Waals surface area (Å²) in [7, 11) is 0. The topological polar surface area (TPSA) is 26.3 Å². The minimum absolute atomic E-state index is 0.241. The van der Waals surface area contributed by atoms with E-state index < -0.39 is 17.7 Å². The Hall–Kier alpha value is -2.82. The van der Waals surface area contributed by atoms with Crippen LogP contribution in [0.4, 0.5) is 13.2 Å². The van der Waals surface area contributed by atoms with Gasteiger partial charge in [-0.3, -0.25) is 0 Å². The van der Waals surface area contributed by atoms with Gasteiger partial charge in [0, 0.05) is 11.6 Å². The van der Waals surface area contributed by atoms with Crippen LogP contribution < -0.4 is 0 Å². The summed E-state index contributed by atoms with van der Waals surface area (Å²) in [4.78, 5) is 11.6. The van der Waals surface area contributed by atoms with Crippen LogP contribution >= 0.6 is 0 Å². The molecule has 0 saturated carbocycles. The number of allylic oxidation sites excluding steroid dienone is 1. The normalized spacial score (nSPS) is 16.2. The molecule has 122 valence electrons. The Balaban J connectivity index is 2.01. The van der Waals surface area contributed by atoms with Crippen molar-refractivity contribution in [3.63, 3.8) is 0 Å². The van der Waals surface area contributed by atoms with E-state index in [1.807, 2.05) is 31.2 Å². The first kappa shape index (κ1) is 16.1. The molecule has 0 fully saturated rings. The molecule has 0 N–H and O–H groups in total. The zero-order valence-electron chi connectivity index (χ0n) is 12.7. The number of hydrogen-bond acceptors (Lipinski definition) is 2. The highest BCUT2D eigenvalue weighted by atomic mass is 19.4. The lowest BCUT2D eigenvalue weighted by Gasteiger charge is -2.08. The number of halogens is 3. The Labute approximate surface area is 136 Å². The smallest absolute Gasteiger partial charge is 0.416 e. The number of alkyl halides is 3. The molecule has 3 rings (SSSR count). The maximum atomic E-state index is 12.8. The van der Waals surface area contributed by atoms with E-state index in [4.69, 9.17) is 4.74 Å². The van der Waals surface area contributed by atoms with Gasteiger partial charge in [0.15, 0.2) is 0 Å². The molecule has 0 radical (unpaired) electrons. The van der Waals surface area contributed by atoms with E-state index in [1.54, 1.807) is 0 Å². The number of carbonyl (C=O) groups is 1. The van der Waals surface area contributed by atoms with Crippen molar-refractivity contribution in [1.29, 1.82) is 0 Å². The maximum absolute atomic E-state index is 12.8. The van der Waals surface area contributed by atoms with E-state index in [0.717, 1.165) is 23.3 Å². The molecule has 5 heteroatoms. The van der Waals surface area contributed by atoms with Crippen LogP contribution in [0, 0.1) is 6.92 Å². The average Bonchev–Trinajstić information content (AvgIpc) is 2.87. The van der Waals surface area contributed by atoms with Crippen LogP contribution in [-0.2, 0) is 15.7 Å². The zero-order chi connectivity index (χ0) is 17.3. The highest BCUT2D eigenvalue weighted by molar-refractivity contribution is 6.03. The number of esters is 1. The summed E-state index contributed by atoms with van der Waals surface area (Å²) in [5.74, 6) is -0.297. The van der Waals surface area contributed by atoms with Crippen LogP contribution in [0.5, 0.6) is 0 Å². The van der Waals surface area contributed by atoms with Crippen molar-refractivity contribution in [2.75, 3.05) is 0 Å². The molecule has 0 amide bonds. The summed E-state index contributed by atoms with van der Waals surface area (Å²) in [6.07, 6.45) is -1.64. The number of carbonyl (C=O) groups excluding carboxylic acids is 1. The molecule has 2 nitrogen and oxygen atoms in total. The van der Waals surface area contributed by atoms with Gasteiger partial charge in [-0.15, -0.1) is 0 Å². The van der Waals surface area contributed by atoms with Crippen LogP contribution in [0.1, 0.15) is 22.3 Å². The maximum Gasteiger partial charge on any atom is 0.416 e. The van der Waals surface area contributed by atoms with E-state index in [1.165, 1.54) is 24.3 Å². The first-order valence-corrected chi connectivity index (χ1v) is 7.23. The predicted molar refractivity (Wildman–Crippen MR) is 84.7 cm³/mol. The molecule has 24 heavy (non-hydrogen) atoms. The Morgan fingerprint density at radius 2 is 1.79 bits per heavy atom. The summed E-state index contributed by atoms with van der Waals surface area (Å²) >= 11 is 0. The van der Waals surface area contributed by atoms with Gasteiger partial charge in [-0.25, -0.2) is 4.79 Å². The fraction of sp³-hybridized carbons (Fsp3) is 0.105. The lowest BCUT2D eigenvalue weighted by molar-refractivity contribution is -0.137. The number of benzene rings is 2. The van der Waals surface area contributed by atoms with Crippen molar-refractivity contribution in [3.05, 3.63) is 82.6 Å². The fourth-order valence-electron chi connectivity index (χ4n) is 2.48. The second-order valence-electron chi connectivity index (χ2n) is 5.48. The first-order chi connectivity index (χ1) is 11.3. The van der Waals surface area contributed by atoms with Crippen molar-refractivity contribution < 1.29 is 22.7 Å². The number of ether oxygens (including phenoxy) is 1. The number of rotatable bonds is 2. The molecule has 1 aliphatic rings. The van der Waals surface area contributed by atoms with Gasteiger partial charge in [-0.1, -0.05) is 42.0 Å². The van der Waals surface area contributed by atoms with Gasteiger partial charge in [-0.2, -0.15) is 13.2 Å². The molecular weight excluding hydrogens is 317 g/mol. The molecular formula is C19H13F3O2. The third-order valence-corrected chi connectivity index (χ3v) is 3.58. The predicted octanol–water partition coefficient (Wildman–Crippen LogP) is 5.00. The Bertz CT molecular complexity index is 861. The lowest BCUT2D eigenvalue weighted by Crippen LogP contribution is -2.04. The third-order valence-electron chi connectivity index (χ3n) is 3.58. The highest BCUT2D eigenvalue weighted by Crippen LogP contribution is 2.33. The van der Waals surface area contributed by atoms with Crippen LogP contribution in [0.15, 0.2) is 60.4 Å². The van der Waals surface area contributed by atoms with Gasteiger partial charge < -0.3 is 4.74 Å². The van der Waals surface area contributed by atoms with Gasteiger partial charge in [0.25, 0.3) is 0 Å². The first-order valence-electron chi connectivity index (χ1n) is 7.23. The van der Waals surface area contributed by atoms with Crippen molar-refractivity contribution in [1.82, 2.24) is 0 Å². The van der Waals surface area contributed by atoms with Crippen molar-refractivity contribution >= 4 is 17.6 Å². The third kappa shape index (κ3) is 3.40. The highest BCUT2D eigenvalue weighted by Gasteiger charge is 2.30. The van der Waals surface area contributed by atoms with E-state index in [-0.39, 0.29) is 5.76 Å². The van der Waals surface area contributed by atoms with Gasteiger partial charge in [0.05, 0.1) is 5.56 Å². The zero-order valence-corrected chi connectivity index (χ0v) is 12.7. The number of cyclic esters (lactones) is 1. The summed E-state index contributed by atoms with van der Waals surface area (Å²) in [5.41, 5.74) is 1.90. The van der Waals surface area contributed by atoms with E-state index in [2.05, 4.69) is 0 Å². The quantitative estimate of drug-likeness (QED) is 0.725. The van der Waals surface area contributed by atoms with Crippen LogP contribution in [0.25, 0.3) is 11.6 Å². The Morgan fingerprint density at radius 1 is 1.04 bits per heavy atom.